The largest absolute Gasteiger partial charge is 0.313 e. The summed E-state index contributed by atoms with van der Waals surface area (Å²) in [7, 11) is 0. The van der Waals surface area contributed by atoms with E-state index in [1.807, 2.05) is 6.92 Å². The molecule has 3 heteroatoms. The van der Waals surface area contributed by atoms with Gasteiger partial charge in [0.1, 0.15) is 5.54 Å². The number of rotatable bonds is 7. The van der Waals surface area contributed by atoms with Crippen LogP contribution in [0.5, 0.6) is 0 Å². The fourth-order valence-electron chi connectivity index (χ4n) is 1.69. The molecule has 0 aliphatic heterocycles. The third kappa shape index (κ3) is 5.15. The average Bonchev–Trinajstić information content (AvgIpc) is 2.23. The van der Waals surface area contributed by atoms with E-state index in [1.54, 1.807) is 0 Å². The second-order valence-electron chi connectivity index (χ2n) is 4.45. The topological polar surface area (TPSA) is 53.0 Å². The molecule has 0 saturated carbocycles. The van der Waals surface area contributed by atoms with E-state index in [-0.39, 0.29) is 0 Å². The number of hydrogen-bond donors (Lipinski definition) is 1. The molecular weight excluding hydrogens is 186 g/mol. The third-order valence-electron chi connectivity index (χ3n) is 3.06. The van der Waals surface area contributed by atoms with Crippen molar-refractivity contribution >= 4 is 0 Å². The van der Waals surface area contributed by atoms with Gasteiger partial charge in [0.25, 0.3) is 0 Å². The lowest BCUT2D eigenvalue weighted by molar-refractivity contribution is 0.223. The van der Waals surface area contributed by atoms with Crippen molar-refractivity contribution in [3.8, 4) is 6.07 Å². The van der Waals surface area contributed by atoms with Gasteiger partial charge in [0, 0.05) is 6.04 Å². The van der Waals surface area contributed by atoms with Gasteiger partial charge in [0.15, 0.2) is 0 Å². The highest BCUT2D eigenvalue weighted by molar-refractivity contribution is 5.03. The minimum absolute atomic E-state index is 0.575. The summed E-state index contributed by atoms with van der Waals surface area (Å²) in [6.45, 7) is 10.6. The number of nitrogens with zero attached hydrogens (tertiary/aromatic N) is 2. The van der Waals surface area contributed by atoms with Crippen LogP contribution in [-0.2, 0) is 0 Å². The van der Waals surface area contributed by atoms with Crippen LogP contribution >= 0.6 is 0 Å². The molecule has 0 aliphatic rings. The normalized spacial score (nSPS) is 15.3. The first-order valence-corrected chi connectivity index (χ1v) is 5.93. The van der Waals surface area contributed by atoms with Gasteiger partial charge in [-0.3, -0.25) is 0 Å². The van der Waals surface area contributed by atoms with E-state index in [0.717, 1.165) is 32.4 Å². The zero-order valence-electron chi connectivity index (χ0n) is 10.6. The van der Waals surface area contributed by atoms with E-state index in [9.17, 15) is 0 Å². The molecule has 0 rings (SSSR count). The standard InChI is InChI=1S/C12H25N3/c1-5-12(14,10-13)8-7-9-15(6-2)11(3)4/h11H,5-9,14H2,1-4H3. The van der Waals surface area contributed by atoms with Crippen LogP contribution in [0.4, 0.5) is 0 Å². The van der Waals surface area contributed by atoms with Gasteiger partial charge in [-0.25, -0.2) is 0 Å². The molecule has 0 heterocycles. The fraction of sp³-hybridized carbons (Fsp3) is 0.917. The van der Waals surface area contributed by atoms with Crippen molar-refractivity contribution in [2.45, 2.75) is 58.5 Å². The fourth-order valence-corrected chi connectivity index (χ4v) is 1.69. The maximum absolute atomic E-state index is 8.93. The van der Waals surface area contributed by atoms with E-state index in [0.29, 0.717) is 6.04 Å². The summed E-state index contributed by atoms with van der Waals surface area (Å²) in [5, 5.41) is 8.93. The highest BCUT2D eigenvalue weighted by atomic mass is 15.1. The Morgan fingerprint density at radius 2 is 2.00 bits per heavy atom. The average molecular weight is 211 g/mol. The monoisotopic (exact) mass is 211 g/mol. The van der Waals surface area contributed by atoms with Crippen LogP contribution < -0.4 is 5.73 Å². The van der Waals surface area contributed by atoms with E-state index in [2.05, 4.69) is 31.7 Å². The van der Waals surface area contributed by atoms with Gasteiger partial charge in [0.2, 0.25) is 0 Å². The van der Waals surface area contributed by atoms with E-state index < -0.39 is 5.54 Å². The van der Waals surface area contributed by atoms with Gasteiger partial charge in [0.05, 0.1) is 6.07 Å². The van der Waals surface area contributed by atoms with Crippen LogP contribution in [0.15, 0.2) is 0 Å². The van der Waals surface area contributed by atoms with Gasteiger partial charge in [-0.05, 0) is 46.2 Å². The summed E-state index contributed by atoms with van der Waals surface area (Å²) in [6, 6.07) is 2.78. The molecule has 15 heavy (non-hydrogen) atoms. The second kappa shape index (κ2) is 6.81. The van der Waals surface area contributed by atoms with Gasteiger partial charge < -0.3 is 10.6 Å². The Bertz CT molecular complexity index is 207. The van der Waals surface area contributed by atoms with Crippen LogP contribution in [-0.4, -0.2) is 29.6 Å². The maximum atomic E-state index is 8.93. The lowest BCUT2D eigenvalue weighted by Gasteiger charge is -2.26. The van der Waals surface area contributed by atoms with Crippen molar-refractivity contribution in [2.75, 3.05) is 13.1 Å². The Hall–Kier alpha value is -0.590. The smallest absolute Gasteiger partial charge is 0.104 e. The molecule has 2 N–H and O–H groups in total. The second-order valence-corrected chi connectivity index (χ2v) is 4.45. The molecule has 0 bridgehead atoms. The molecule has 0 aliphatic carbocycles. The predicted molar refractivity (Wildman–Crippen MR) is 64.4 cm³/mol. The van der Waals surface area contributed by atoms with E-state index >= 15 is 0 Å². The van der Waals surface area contributed by atoms with E-state index in [4.69, 9.17) is 11.0 Å². The number of hydrogen-bond acceptors (Lipinski definition) is 3. The van der Waals surface area contributed by atoms with Crippen molar-refractivity contribution in [3.63, 3.8) is 0 Å². The summed E-state index contributed by atoms with van der Waals surface area (Å²) < 4.78 is 0. The predicted octanol–water partition coefficient (Wildman–Crippen LogP) is 2.13. The first-order valence-electron chi connectivity index (χ1n) is 5.93. The summed E-state index contributed by atoms with van der Waals surface area (Å²) in [5.41, 5.74) is 5.31. The van der Waals surface area contributed by atoms with Gasteiger partial charge in [-0.15, -0.1) is 0 Å². The molecule has 1 atom stereocenters. The molecule has 0 amide bonds. The van der Waals surface area contributed by atoms with Crippen molar-refractivity contribution in [1.82, 2.24) is 4.90 Å². The van der Waals surface area contributed by atoms with Crippen LogP contribution in [0, 0.1) is 11.3 Å². The summed E-state index contributed by atoms with van der Waals surface area (Å²) in [5.74, 6) is 0. The Labute approximate surface area is 94.2 Å². The maximum Gasteiger partial charge on any atom is 0.104 e. The van der Waals surface area contributed by atoms with Crippen molar-refractivity contribution in [1.29, 1.82) is 5.26 Å². The van der Waals surface area contributed by atoms with Crippen molar-refractivity contribution in [2.24, 2.45) is 5.73 Å². The Balaban J connectivity index is 3.92. The lowest BCUT2D eigenvalue weighted by Crippen LogP contribution is -2.39. The Morgan fingerprint density at radius 1 is 1.40 bits per heavy atom. The minimum atomic E-state index is -0.615. The highest BCUT2D eigenvalue weighted by Gasteiger charge is 2.21. The molecular formula is C12H25N3. The quantitative estimate of drug-likeness (QED) is 0.702. The molecule has 0 radical (unpaired) electrons. The molecule has 3 nitrogen and oxygen atoms in total. The first-order chi connectivity index (χ1) is 6.99. The van der Waals surface area contributed by atoms with E-state index in [1.165, 1.54) is 0 Å². The van der Waals surface area contributed by atoms with Gasteiger partial charge >= 0.3 is 0 Å². The van der Waals surface area contributed by atoms with Crippen LogP contribution in [0.25, 0.3) is 0 Å². The lowest BCUT2D eigenvalue weighted by atomic mass is 9.93. The van der Waals surface area contributed by atoms with Crippen LogP contribution in [0.2, 0.25) is 0 Å². The van der Waals surface area contributed by atoms with Gasteiger partial charge in [-0.2, -0.15) is 5.26 Å². The molecule has 0 aromatic rings. The van der Waals surface area contributed by atoms with Crippen molar-refractivity contribution < 1.29 is 0 Å². The SMILES string of the molecule is CCN(CCCC(N)(C#N)CC)C(C)C. The first kappa shape index (κ1) is 14.4. The number of nitrogens with two attached hydrogens (primary N) is 1. The summed E-state index contributed by atoms with van der Waals surface area (Å²) >= 11 is 0. The molecule has 0 aromatic carbocycles. The molecule has 0 spiro atoms. The zero-order chi connectivity index (χ0) is 11.9. The molecule has 0 saturated heterocycles. The molecule has 1 unspecified atom stereocenters. The Kier molecular flexibility index (Phi) is 6.55. The number of nitriles is 1. The van der Waals surface area contributed by atoms with Crippen molar-refractivity contribution in [3.05, 3.63) is 0 Å². The summed E-state index contributed by atoms with van der Waals surface area (Å²) in [4.78, 5) is 2.40. The van der Waals surface area contributed by atoms with Crippen LogP contribution in [0.3, 0.4) is 0 Å². The third-order valence-corrected chi connectivity index (χ3v) is 3.06. The summed E-state index contributed by atoms with van der Waals surface area (Å²) in [6.07, 6.45) is 2.53. The highest BCUT2D eigenvalue weighted by Crippen LogP contribution is 2.13. The zero-order valence-corrected chi connectivity index (χ0v) is 10.6. The van der Waals surface area contributed by atoms with Gasteiger partial charge in [-0.1, -0.05) is 13.8 Å². The molecule has 88 valence electrons. The molecule has 0 aromatic heterocycles. The minimum Gasteiger partial charge on any atom is -0.313 e. The van der Waals surface area contributed by atoms with Crippen LogP contribution in [0.1, 0.15) is 47.0 Å². The Morgan fingerprint density at radius 3 is 2.33 bits per heavy atom. The molecule has 0 fully saturated rings.